The zero-order valence-corrected chi connectivity index (χ0v) is 16.2. The van der Waals surface area contributed by atoms with Gasteiger partial charge >= 0.3 is 5.97 Å². The molecule has 6 heteroatoms. The molecule has 0 atom stereocenters. The van der Waals surface area contributed by atoms with E-state index in [2.05, 4.69) is 39.1 Å². The number of benzene rings is 2. The van der Waals surface area contributed by atoms with Crippen LogP contribution < -0.4 is 4.74 Å². The minimum atomic E-state index is -0.247. The van der Waals surface area contributed by atoms with Gasteiger partial charge in [0.1, 0.15) is 10.8 Å². The Morgan fingerprint density at radius 3 is 2.96 bits per heavy atom. The number of fused-ring (bicyclic) bond motifs is 1. The third-order valence-electron chi connectivity index (χ3n) is 3.61. The summed E-state index contributed by atoms with van der Waals surface area (Å²) in [5.74, 6) is 0.616. The third-order valence-corrected chi connectivity index (χ3v) is 4.87. The van der Waals surface area contributed by atoms with Crippen LogP contribution in [0.2, 0.25) is 0 Å². The average Bonchev–Trinajstić information content (AvgIpc) is 3.08. The Kier molecular flexibility index (Phi) is 6.04. The number of thiazole rings is 1. The van der Waals surface area contributed by atoms with Crippen LogP contribution in [0.15, 0.2) is 41.8 Å². The second kappa shape index (κ2) is 8.45. The summed E-state index contributed by atoms with van der Waals surface area (Å²) >= 11 is 4.91. The molecule has 1 heterocycles. The summed E-state index contributed by atoms with van der Waals surface area (Å²) in [6, 6.07) is 12.2. The van der Waals surface area contributed by atoms with E-state index >= 15 is 0 Å². The highest BCUT2D eigenvalue weighted by Crippen LogP contribution is 2.32. The monoisotopic (exact) mass is 419 g/mol. The normalized spacial score (nSPS) is 10.8. The molecule has 0 unspecified atom stereocenters. The molecule has 0 saturated heterocycles. The van der Waals surface area contributed by atoms with E-state index in [-0.39, 0.29) is 12.4 Å². The summed E-state index contributed by atoms with van der Waals surface area (Å²) in [4.78, 5) is 16.2. The lowest BCUT2D eigenvalue weighted by Crippen LogP contribution is -2.07. The van der Waals surface area contributed by atoms with Crippen LogP contribution in [-0.4, -0.2) is 29.5 Å². The summed E-state index contributed by atoms with van der Waals surface area (Å²) in [6.45, 7) is 2.80. The van der Waals surface area contributed by atoms with Gasteiger partial charge in [-0.1, -0.05) is 40.2 Å². The molecule has 0 aliphatic carbocycles. The number of carbonyl (C=O) groups is 1. The van der Waals surface area contributed by atoms with Crippen LogP contribution in [0.3, 0.4) is 0 Å². The molecule has 25 heavy (non-hydrogen) atoms. The van der Waals surface area contributed by atoms with Gasteiger partial charge in [-0.2, -0.15) is 0 Å². The summed E-state index contributed by atoms with van der Waals surface area (Å²) in [6.07, 6.45) is 0.206. The van der Waals surface area contributed by atoms with E-state index in [0.29, 0.717) is 13.2 Å². The number of rotatable bonds is 7. The minimum absolute atomic E-state index is 0.206. The lowest BCUT2D eigenvalue weighted by Gasteiger charge is -2.09. The number of alkyl halides is 1. The van der Waals surface area contributed by atoms with Crippen molar-refractivity contribution in [1.29, 1.82) is 0 Å². The Morgan fingerprint density at radius 1 is 1.28 bits per heavy atom. The van der Waals surface area contributed by atoms with E-state index in [1.54, 1.807) is 6.92 Å². The molecule has 0 aliphatic rings. The lowest BCUT2D eigenvalue weighted by atomic mass is 10.1. The van der Waals surface area contributed by atoms with Gasteiger partial charge in [0.15, 0.2) is 0 Å². The maximum Gasteiger partial charge on any atom is 0.311 e. The fourth-order valence-corrected chi connectivity index (χ4v) is 3.51. The van der Waals surface area contributed by atoms with Crippen LogP contribution >= 0.6 is 27.3 Å². The van der Waals surface area contributed by atoms with Crippen molar-refractivity contribution in [3.63, 3.8) is 0 Å². The summed E-state index contributed by atoms with van der Waals surface area (Å²) in [5, 5.41) is 5.76. The third kappa shape index (κ3) is 4.38. The fraction of sp³-hybridized carbons (Fsp3) is 0.263. The number of ether oxygens (including phenoxy) is 2. The van der Waals surface area contributed by atoms with Crippen molar-refractivity contribution < 1.29 is 14.3 Å². The van der Waals surface area contributed by atoms with Gasteiger partial charge in [0.25, 0.3) is 0 Å². The molecule has 130 valence electrons. The van der Waals surface area contributed by atoms with E-state index in [9.17, 15) is 4.79 Å². The molecule has 4 nitrogen and oxygen atoms in total. The Labute approximate surface area is 158 Å². The number of halogens is 1. The van der Waals surface area contributed by atoms with Crippen molar-refractivity contribution in [1.82, 2.24) is 4.98 Å². The van der Waals surface area contributed by atoms with Crippen molar-refractivity contribution >= 4 is 44.0 Å². The molecule has 0 radical (unpaired) electrons. The van der Waals surface area contributed by atoms with Crippen LogP contribution in [0.1, 0.15) is 12.6 Å². The van der Waals surface area contributed by atoms with Crippen LogP contribution in [0.5, 0.6) is 5.75 Å². The van der Waals surface area contributed by atoms with Gasteiger partial charge < -0.3 is 9.47 Å². The Bertz CT molecular complexity index is 878. The van der Waals surface area contributed by atoms with Gasteiger partial charge in [-0.3, -0.25) is 4.79 Å². The zero-order chi connectivity index (χ0) is 17.6. The number of esters is 1. The second-order valence-corrected chi connectivity index (χ2v) is 7.01. The molecule has 1 aromatic heterocycles. The molecule has 0 spiro atoms. The highest BCUT2D eigenvalue weighted by atomic mass is 79.9. The topological polar surface area (TPSA) is 48.4 Å². The standard InChI is InChI=1S/C19H18BrNO3S/c1-2-23-18(22)11-15-12-25-19(21-15)14-7-6-13-4-3-5-17(16(13)10-14)24-9-8-20/h3-7,10,12H,2,8-9,11H2,1H3. The van der Waals surface area contributed by atoms with Crippen molar-refractivity contribution in [2.75, 3.05) is 18.5 Å². The molecule has 3 rings (SSSR count). The van der Waals surface area contributed by atoms with Crippen LogP contribution in [0.25, 0.3) is 21.3 Å². The minimum Gasteiger partial charge on any atom is -0.492 e. The first-order valence-electron chi connectivity index (χ1n) is 8.03. The maximum atomic E-state index is 11.6. The van der Waals surface area contributed by atoms with Crippen molar-refractivity contribution in [3.8, 4) is 16.3 Å². The molecule has 0 N–H and O–H groups in total. The van der Waals surface area contributed by atoms with E-state index in [0.717, 1.165) is 38.1 Å². The fourth-order valence-electron chi connectivity index (χ4n) is 2.53. The first kappa shape index (κ1) is 17.9. The molecule has 0 bridgehead atoms. The molecule has 0 fully saturated rings. The lowest BCUT2D eigenvalue weighted by molar-refractivity contribution is -0.142. The van der Waals surface area contributed by atoms with E-state index in [1.165, 1.54) is 11.3 Å². The SMILES string of the molecule is CCOC(=O)Cc1csc(-c2ccc3cccc(OCCBr)c3c2)n1. The highest BCUT2D eigenvalue weighted by molar-refractivity contribution is 9.09. The molecule has 0 aliphatic heterocycles. The van der Waals surface area contributed by atoms with Crippen LogP contribution in [0.4, 0.5) is 0 Å². The van der Waals surface area contributed by atoms with Gasteiger partial charge in [-0.25, -0.2) is 4.98 Å². The predicted octanol–water partition coefficient (Wildman–Crippen LogP) is 4.84. The summed E-state index contributed by atoms with van der Waals surface area (Å²) in [7, 11) is 0. The van der Waals surface area contributed by atoms with Gasteiger partial charge in [0.2, 0.25) is 0 Å². The molecule has 2 aromatic carbocycles. The smallest absolute Gasteiger partial charge is 0.311 e. The predicted molar refractivity (Wildman–Crippen MR) is 105 cm³/mol. The van der Waals surface area contributed by atoms with Gasteiger partial charge in [-0.15, -0.1) is 11.3 Å². The van der Waals surface area contributed by atoms with Gasteiger partial charge in [-0.05, 0) is 24.4 Å². The first-order chi connectivity index (χ1) is 12.2. The van der Waals surface area contributed by atoms with Gasteiger partial charge in [0.05, 0.1) is 25.3 Å². The molecular formula is C19H18BrNO3S. The number of aromatic nitrogens is 1. The molecule has 0 amide bonds. The van der Waals surface area contributed by atoms with Crippen LogP contribution in [0, 0.1) is 0 Å². The van der Waals surface area contributed by atoms with Crippen LogP contribution in [-0.2, 0) is 16.0 Å². The second-order valence-electron chi connectivity index (χ2n) is 5.36. The number of hydrogen-bond acceptors (Lipinski definition) is 5. The highest BCUT2D eigenvalue weighted by Gasteiger charge is 2.11. The number of carbonyl (C=O) groups excluding carboxylic acids is 1. The first-order valence-corrected chi connectivity index (χ1v) is 10.0. The molecule has 0 saturated carbocycles. The van der Waals surface area contributed by atoms with Crippen molar-refractivity contribution in [3.05, 3.63) is 47.5 Å². The Hall–Kier alpha value is -1.92. The van der Waals surface area contributed by atoms with E-state index < -0.39 is 0 Å². The maximum absolute atomic E-state index is 11.6. The number of hydrogen-bond donors (Lipinski definition) is 0. The molecule has 3 aromatic rings. The zero-order valence-electron chi connectivity index (χ0n) is 13.8. The Morgan fingerprint density at radius 2 is 2.16 bits per heavy atom. The van der Waals surface area contributed by atoms with Crippen molar-refractivity contribution in [2.45, 2.75) is 13.3 Å². The van der Waals surface area contributed by atoms with Gasteiger partial charge in [0, 0.05) is 21.7 Å². The van der Waals surface area contributed by atoms with Crippen molar-refractivity contribution in [2.24, 2.45) is 0 Å². The largest absolute Gasteiger partial charge is 0.492 e. The average molecular weight is 420 g/mol. The Balaban J connectivity index is 1.88. The van der Waals surface area contributed by atoms with E-state index in [4.69, 9.17) is 9.47 Å². The van der Waals surface area contributed by atoms with E-state index in [1.807, 2.05) is 23.6 Å². The summed E-state index contributed by atoms with van der Waals surface area (Å²) in [5.41, 5.74) is 1.75. The quantitative estimate of drug-likeness (QED) is 0.405. The summed E-state index contributed by atoms with van der Waals surface area (Å²) < 4.78 is 10.8. The number of nitrogens with zero attached hydrogens (tertiary/aromatic N) is 1. The molecular weight excluding hydrogens is 402 g/mol.